The minimum Gasteiger partial charge on any atom is -0.496 e. The number of hydrogen-bond donors (Lipinski definition) is 1. The molecule has 2 aromatic rings. The molecule has 2 rings (SSSR count). The molecule has 0 unspecified atom stereocenters. The van der Waals surface area contributed by atoms with Gasteiger partial charge in [-0.2, -0.15) is 0 Å². The predicted molar refractivity (Wildman–Crippen MR) is 81.7 cm³/mol. The van der Waals surface area contributed by atoms with Crippen LogP contribution >= 0.6 is 0 Å². The smallest absolute Gasteiger partial charge is 0.213 e. The molecular formula is C16H16N2O3. The number of hydrogen-bond acceptors (Lipinski definition) is 4. The zero-order valence-corrected chi connectivity index (χ0v) is 11.9. The van der Waals surface area contributed by atoms with E-state index in [-0.39, 0.29) is 5.78 Å². The van der Waals surface area contributed by atoms with E-state index in [2.05, 4.69) is 0 Å². The van der Waals surface area contributed by atoms with Crippen LogP contribution in [0.3, 0.4) is 0 Å². The van der Waals surface area contributed by atoms with Crippen LogP contribution in [0, 0.1) is 0 Å². The molecule has 0 aliphatic carbocycles. The van der Waals surface area contributed by atoms with Gasteiger partial charge in [0.05, 0.1) is 12.7 Å². The third kappa shape index (κ3) is 3.02. The molecule has 5 heteroatoms. The summed E-state index contributed by atoms with van der Waals surface area (Å²) < 4.78 is 5.19. The van der Waals surface area contributed by atoms with Gasteiger partial charge in [-0.3, -0.25) is 9.59 Å². The lowest BCUT2D eigenvalue weighted by Gasteiger charge is -2.12. The van der Waals surface area contributed by atoms with Crippen LogP contribution in [0.1, 0.15) is 15.9 Å². The first-order valence-corrected chi connectivity index (χ1v) is 6.33. The number of benzene rings is 2. The molecule has 0 atom stereocenters. The lowest BCUT2D eigenvalue weighted by Crippen LogP contribution is -2.13. The Bertz CT molecular complexity index is 666. The van der Waals surface area contributed by atoms with Crippen molar-refractivity contribution < 1.29 is 14.3 Å². The summed E-state index contributed by atoms with van der Waals surface area (Å²) in [6, 6.07) is 11.7. The summed E-state index contributed by atoms with van der Waals surface area (Å²) in [5.74, 6) is 0.294. The molecule has 0 saturated heterocycles. The van der Waals surface area contributed by atoms with Gasteiger partial charge in [-0.25, -0.2) is 0 Å². The summed E-state index contributed by atoms with van der Waals surface area (Å²) in [5, 5.41) is 0. The fourth-order valence-corrected chi connectivity index (χ4v) is 1.97. The number of ether oxygens (including phenoxy) is 1. The van der Waals surface area contributed by atoms with Crippen LogP contribution in [-0.2, 0) is 4.79 Å². The summed E-state index contributed by atoms with van der Waals surface area (Å²) in [6.45, 7) is 0. The van der Waals surface area contributed by atoms with Crippen LogP contribution in [-0.4, -0.2) is 26.4 Å². The topological polar surface area (TPSA) is 72.6 Å². The van der Waals surface area contributed by atoms with E-state index in [1.54, 1.807) is 49.5 Å². The van der Waals surface area contributed by atoms with Gasteiger partial charge in [-0.15, -0.1) is 0 Å². The van der Waals surface area contributed by atoms with Crippen LogP contribution in [0.5, 0.6) is 5.75 Å². The Morgan fingerprint density at radius 2 is 1.86 bits per heavy atom. The maximum atomic E-state index is 12.5. The Hall–Kier alpha value is -2.82. The number of nitrogens with two attached hydrogens (primary N) is 1. The highest BCUT2D eigenvalue weighted by molar-refractivity contribution is 6.11. The normalized spacial score (nSPS) is 10.0. The zero-order chi connectivity index (χ0) is 15.4. The second kappa shape index (κ2) is 6.09. The average molecular weight is 284 g/mol. The second-order valence-electron chi connectivity index (χ2n) is 4.55. The van der Waals surface area contributed by atoms with E-state index in [4.69, 9.17) is 10.5 Å². The molecule has 2 aromatic carbocycles. The molecule has 2 N–H and O–H groups in total. The van der Waals surface area contributed by atoms with Crippen LogP contribution < -0.4 is 15.4 Å². The summed E-state index contributed by atoms with van der Waals surface area (Å²) in [4.78, 5) is 24.6. The fraction of sp³-hybridized carbons (Fsp3) is 0.125. The molecule has 0 bridgehead atoms. The molecule has 108 valence electrons. The Morgan fingerprint density at radius 3 is 2.43 bits per heavy atom. The minimum atomic E-state index is -0.181. The van der Waals surface area contributed by atoms with Gasteiger partial charge in [-0.05, 0) is 42.5 Å². The van der Waals surface area contributed by atoms with Crippen molar-refractivity contribution in [3.8, 4) is 5.75 Å². The second-order valence-corrected chi connectivity index (χ2v) is 4.55. The van der Waals surface area contributed by atoms with Crippen molar-refractivity contribution in [1.82, 2.24) is 0 Å². The highest BCUT2D eigenvalue weighted by atomic mass is 16.5. The Morgan fingerprint density at radius 1 is 1.19 bits per heavy atom. The van der Waals surface area contributed by atoms with Gasteiger partial charge in [0.15, 0.2) is 5.78 Å². The van der Waals surface area contributed by atoms with Gasteiger partial charge < -0.3 is 15.4 Å². The van der Waals surface area contributed by atoms with Crippen molar-refractivity contribution in [3.63, 3.8) is 0 Å². The van der Waals surface area contributed by atoms with E-state index in [0.717, 1.165) is 0 Å². The summed E-state index contributed by atoms with van der Waals surface area (Å²) >= 11 is 0. The number of rotatable bonds is 5. The van der Waals surface area contributed by atoms with E-state index in [1.165, 1.54) is 12.0 Å². The number of nitrogen functional groups attached to an aromatic ring is 1. The maximum absolute atomic E-state index is 12.5. The SMILES string of the molecule is COc1ccc(N)cc1C(=O)c1ccc(N(C)C=O)cc1. The Kier molecular flexibility index (Phi) is 4.23. The van der Waals surface area contributed by atoms with E-state index < -0.39 is 0 Å². The molecule has 0 radical (unpaired) electrons. The number of carbonyl (C=O) groups is 2. The first kappa shape index (κ1) is 14.6. The lowest BCUT2D eigenvalue weighted by atomic mass is 10.0. The Labute approximate surface area is 122 Å². The number of anilines is 2. The number of ketones is 1. The molecule has 21 heavy (non-hydrogen) atoms. The highest BCUT2D eigenvalue weighted by Crippen LogP contribution is 2.24. The Balaban J connectivity index is 2.36. The molecular weight excluding hydrogens is 268 g/mol. The van der Waals surface area contributed by atoms with Gasteiger partial charge in [0.2, 0.25) is 6.41 Å². The van der Waals surface area contributed by atoms with E-state index in [0.29, 0.717) is 34.7 Å². The number of carbonyl (C=O) groups excluding carboxylic acids is 2. The number of nitrogens with zero attached hydrogens (tertiary/aromatic N) is 1. The van der Waals surface area contributed by atoms with Crippen molar-refractivity contribution in [2.45, 2.75) is 0 Å². The van der Waals surface area contributed by atoms with Crippen LogP contribution in [0.4, 0.5) is 11.4 Å². The molecule has 1 amide bonds. The van der Waals surface area contributed by atoms with E-state index >= 15 is 0 Å². The van der Waals surface area contributed by atoms with E-state index in [9.17, 15) is 9.59 Å². The summed E-state index contributed by atoms with van der Waals surface area (Å²) in [5.41, 5.74) is 7.85. The van der Waals surface area contributed by atoms with Crippen molar-refractivity contribution in [2.75, 3.05) is 24.8 Å². The molecule has 0 aliphatic rings. The predicted octanol–water partition coefficient (Wildman–Crippen LogP) is 2.10. The van der Waals surface area contributed by atoms with Crippen LogP contribution in [0.15, 0.2) is 42.5 Å². The lowest BCUT2D eigenvalue weighted by molar-refractivity contribution is -0.107. The summed E-state index contributed by atoms with van der Waals surface area (Å²) in [6.07, 6.45) is 0.706. The van der Waals surface area contributed by atoms with Gasteiger partial charge in [0.25, 0.3) is 0 Å². The van der Waals surface area contributed by atoms with Gasteiger partial charge >= 0.3 is 0 Å². The fourth-order valence-electron chi connectivity index (χ4n) is 1.97. The van der Waals surface area contributed by atoms with Crippen molar-refractivity contribution in [2.24, 2.45) is 0 Å². The van der Waals surface area contributed by atoms with Crippen molar-refractivity contribution in [1.29, 1.82) is 0 Å². The third-order valence-corrected chi connectivity index (χ3v) is 3.16. The average Bonchev–Trinajstić information content (AvgIpc) is 2.53. The van der Waals surface area contributed by atoms with Crippen molar-refractivity contribution in [3.05, 3.63) is 53.6 Å². The molecule has 0 aliphatic heterocycles. The quantitative estimate of drug-likeness (QED) is 0.518. The van der Waals surface area contributed by atoms with Crippen LogP contribution in [0.25, 0.3) is 0 Å². The third-order valence-electron chi connectivity index (χ3n) is 3.16. The number of methoxy groups -OCH3 is 1. The molecule has 0 heterocycles. The highest BCUT2D eigenvalue weighted by Gasteiger charge is 2.15. The first-order valence-electron chi connectivity index (χ1n) is 6.33. The molecule has 0 spiro atoms. The van der Waals surface area contributed by atoms with E-state index in [1.807, 2.05) is 0 Å². The molecule has 0 saturated carbocycles. The number of amides is 1. The molecule has 5 nitrogen and oxygen atoms in total. The maximum Gasteiger partial charge on any atom is 0.213 e. The first-order chi connectivity index (χ1) is 10.1. The monoisotopic (exact) mass is 284 g/mol. The summed E-state index contributed by atoms with van der Waals surface area (Å²) in [7, 11) is 3.15. The van der Waals surface area contributed by atoms with Gasteiger partial charge in [-0.1, -0.05) is 0 Å². The molecule has 0 fully saturated rings. The minimum absolute atomic E-state index is 0.181. The zero-order valence-electron chi connectivity index (χ0n) is 11.9. The van der Waals surface area contributed by atoms with Crippen molar-refractivity contribution >= 4 is 23.6 Å². The van der Waals surface area contributed by atoms with Gasteiger partial charge in [0.1, 0.15) is 5.75 Å². The standard InChI is InChI=1S/C16H16N2O3/c1-18(10-19)13-6-3-11(4-7-13)16(20)14-9-12(17)5-8-15(14)21-2/h3-10H,17H2,1-2H3. The van der Waals surface area contributed by atoms with Gasteiger partial charge in [0, 0.05) is 24.0 Å². The molecule has 0 aromatic heterocycles. The van der Waals surface area contributed by atoms with Crippen LogP contribution in [0.2, 0.25) is 0 Å². The largest absolute Gasteiger partial charge is 0.496 e.